The summed E-state index contributed by atoms with van der Waals surface area (Å²) in [4.78, 5) is 0. The Hall–Kier alpha value is -0.170. The van der Waals surface area contributed by atoms with Gasteiger partial charge < -0.3 is 0 Å². The standard InChI is InChI=1S/C11H20N4S2/c1-7-8(2)17-10(6-16-7)11(13-12)9-4-5-15(3)14-9/h4-5,7-8,10-11,13H,6,12H2,1-3H3. The lowest BCUT2D eigenvalue weighted by Gasteiger charge is -2.34. The van der Waals surface area contributed by atoms with Gasteiger partial charge in [0, 0.05) is 34.7 Å². The maximum Gasteiger partial charge on any atom is 0.0818 e. The number of nitrogens with two attached hydrogens (primary N) is 1. The Labute approximate surface area is 111 Å². The van der Waals surface area contributed by atoms with Crippen LogP contribution < -0.4 is 11.3 Å². The van der Waals surface area contributed by atoms with E-state index >= 15 is 0 Å². The van der Waals surface area contributed by atoms with Crippen molar-refractivity contribution in [1.29, 1.82) is 0 Å². The number of hydrazine groups is 1. The van der Waals surface area contributed by atoms with E-state index in [9.17, 15) is 0 Å². The number of aryl methyl sites for hydroxylation is 1. The van der Waals surface area contributed by atoms with E-state index < -0.39 is 0 Å². The van der Waals surface area contributed by atoms with E-state index in [0.717, 1.165) is 16.7 Å². The van der Waals surface area contributed by atoms with Crippen LogP contribution in [-0.2, 0) is 7.05 Å². The van der Waals surface area contributed by atoms with Gasteiger partial charge >= 0.3 is 0 Å². The summed E-state index contributed by atoms with van der Waals surface area (Å²) in [6, 6.07) is 2.18. The Morgan fingerprint density at radius 1 is 1.53 bits per heavy atom. The van der Waals surface area contributed by atoms with Gasteiger partial charge in [-0.05, 0) is 6.07 Å². The number of hydrogen-bond donors (Lipinski definition) is 2. The first-order chi connectivity index (χ1) is 8.11. The van der Waals surface area contributed by atoms with Crippen molar-refractivity contribution in [3.63, 3.8) is 0 Å². The molecule has 1 fully saturated rings. The van der Waals surface area contributed by atoms with Gasteiger partial charge in [-0.1, -0.05) is 13.8 Å². The van der Waals surface area contributed by atoms with E-state index in [1.54, 1.807) is 0 Å². The minimum Gasteiger partial charge on any atom is -0.275 e. The Morgan fingerprint density at radius 3 is 2.82 bits per heavy atom. The molecular weight excluding hydrogens is 252 g/mol. The molecule has 1 aromatic heterocycles. The van der Waals surface area contributed by atoms with Crippen LogP contribution in [0.15, 0.2) is 12.3 Å². The van der Waals surface area contributed by atoms with Gasteiger partial charge in [0.1, 0.15) is 0 Å². The predicted octanol–water partition coefficient (Wildman–Crippen LogP) is 1.55. The third-order valence-corrected chi connectivity index (χ3v) is 6.67. The molecule has 4 nitrogen and oxygen atoms in total. The molecule has 96 valence electrons. The SMILES string of the molecule is CC1SCC(C(NN)c2ccn(C)n2)SC1C. The minimum absolute atomic E-state index is 0.142. The van der Waals surface area contributed by atoms with Crippen molar-refractivity contribution in [2.45, 2.75) is 35.6 Å². The second-order valence-electron chi connectivity index (χ2n) is 4.48. The summed E-state index contributed by atoms with van der Waals surface area (Å²) >= 11 is 4.05. The fourth-order valence-corrected chi connectivity index (χ4v) is 5.05. The van der Waals surface area contributed by atoms with Crippen LogP contribution in [0.25, 0.3) is 0 Å². The lowest BCUT2D eigenvalue weighted by Crippen LogP contribution is -2.40. The second-order valence-corrected chi connectivity index (χ2v) is 7.51. The smallest absolute Gasteiger partial charge is 0.0818 e. The van der Waals surface area contributed by atoms with Crippen molar-refractivity contribution in [3.8, 4) is 0 Å². The number of hydrogen-bond acceptors (Lipinski definition) is 5. The zero-order valence-corrected chi connectivity index (χ0v) is 12.1. The highest BCUT2D eigenvalue weighted by molar-refractivity contribution is 8.07. The first-order valence-corrected chi connectivity index (χ1v) is 7.83. The molecular formula is C11H20N4S2. The van der Waals surface area contributed by atoms with Crippen LogP contribution in [0.4, 0.5) is 0 Å². The molecule has 1 aliphatic heterocycles. The van der Waals surface area contributed by atoms with E-state index in [1.807, 2.05) is 47.5 Å². The Kier molecular flexibility index (Phi) is 4.41. The molecule has 1 aromatic rings. The highest BCUT2D eigenvalue weighted by atomic mass is 32.2. The first-order valence-electron chi connectivity index (χ1n) is 5.84. The first kappa shape index (κ1) is 13.3. The van der Waals surface area contributed by atoms with Crippen LogP contribution in [0.5, 0.6) is 0 Å². The molecule has 0 radical (unpaired) electrons. The van der Waals surface area contributed by atoms with E-state index in [1.165, 1.54) is 0 Å². The predicted molar refractivity (Wildman–Crippen MR) is 76.0 cm³/mol. The van der Waals surface area contributed by atoms with Gasteiger partial charge in [-0.15, -0.1) is 0 Å². The molecule has 1 aliphatic rings. The van der Waals surface area contributed by atoms with Crippen LogP contribution in [-0.4, -0.2) is 31.3 Å². The van der Waals surface area contributed by atoms with Gasteiger partial charge in [0.15, 0.2) is 0 Å². The summed E-state index contributed by atoms with van der Waals surface area (Å²) in [6.45, 7) is 4.59. The lowest BCUT2D eigenvalue weighted by atomic mass is 10.1. The number of nitrogens with one attached hydrogen (secondary N) is 1. The van der Waals surface area contributed by atoms with Crippen LogP contribution in [0, 0.1) is 0 Å². The van der Waals surface area contributed by atoms with Crippen molar-refractivity contribution >= 4 is 23.5 Å². The topological polar surface area (TPSA) is 55.9 Å². The maximum atomic E-state index is 5.70. The van der Waals surface area contributed by atoms with E-state index in [4.69, 9.17) is 5.84 Å². The lowest BCUT2D eigenvalue weighted by molar-refractivity contribution is 0.527. The fourth-order valence-electron chi connectivity index (χ4n) is 1.96. The molecule has 0 bridgehead atoms. The summed E-state index contributed by atoms with van der Waals surface area (Å²) in [5.41, 5.74) is 3.96. The largest absolute Gasteiger partial charge is 0.275 e. The van der Waals surface area contributed by atoms with Crippen molar-refractivity contribution in [2.75, 3.05) is 5.75 Å². The minimum atomic E-state index is 0.142. The Balaban J connectivity index is 2.08. The van der Waals surface area contributed by atoms with Gasteiger partial charge in [0.05, 0.1) is 11.7 Å². The Morgan fingerprint density at radius 2 is 2.29 bits per heavy atom. The monoisotopic (exact) mass is 272 g/mol. The van der Waals surface area contributed by atoms with E-state index in [2.05, 4.69) is 24.4 Å². The average Bonchev–Trinajstić information content (AvgIpc) is 2.71. The second kappa shape index (κ2) is 5.65. The molecule has 6 heteroatoms. The number of aromatic nitrogens is 2. The van der Waals surface area contributed by atoms with Crippen molar-refractivity contribution < 1.29 is 0 Å². The molecule has 3 N–H and O–H groups in total. The zero-order chi connectivity index (χ0) is 12.4. The van der Waals surface area contributed by atoms with Gasteiger partial charge in [0.25, 0.3) is 0 Å². The molecule has 4 atom stereocenters. The van der Waals surface area contributed by atoms with Crippen molar-refractivity contribution in [3.05, 3.63) is 18.0 Å². The van der Waals surface area contributed by atoms with Crippen LogP contribution in [0.3, 0.4) is 0 Å². The van der Waals surface area contributed by atoms with Crippen LogP contribution in [0.2, 0.25) is 0 Å². The molecule has 0 aromatic carbocycles. The molecule has 1 saturated heterocycles. The molecule has 0 aliphatic carbocycles. The Bertz CT molecular complexity index is 368. The summed E-state index contributed by atoms with van der Waals surface area (Å²) < 4.78 is 1.83. The normalized spacial score (nSPS) is 31.4. The molecule has 2 heterocycles. The van der Waals surface area contributed by atoms with Crippen molar-refractivity contribution in [2.24, 2.45) is 12.9 Å². The highest BCUT2D eigenvalue weighted by Gasteiger charge is 2.32. The number of rotatable bonds is 3. The maximum absolute atomic E-state index is 5.70. The summed E-state index contributed by atoms with van der Waals surface area (Å²) in [6.07, 6.45) is 1.96. The third-order valence-electron chi connectivity index (χ3n) is 3.18. The van der Waals surface area contributed by atoms with E-state index in [-0.39, 0.29) is 6.04 Å². The highest BCUT2D eigenvalue weighted by Crippen LogP contribution is 2.40. The molecule has 0 amide bonds. The van der Waals surface area contributed by atoms with Gasteiger partial charge in [-0.2, -0.15) is 28.6 Å². The zero-order valence-electron chi connectivity index (χ0n) is 10.5. The molecule has 0 saturated carbocycles. The van der Waals surface area contributed by atoms with Crippen LogP contribution >= 0.6 is 23.5 Å². The van der Waals surface area contributed by atoms with Crippen LogP contribution in [0.1, 0.15) is 25.6 Å². The fraction of sp³-hybridized carbons (Fsp3) is 0.727. The van der Waals surface area contributed by atoms with Gasteiger partial charge in [0.2, 0.25) is 0 Å². The summed E-state index contributed by atoms with van der Waals surface area (Å²) in [7, 11) is 1.94. The van der Waals surface area contributed by atoms with E-state index in [0.29, 0.717) is 10.5 Å². The molecule has 4 unspecified atom stereocenters. The molecule has 0 spiro atoms. The summed E-state index contributed by atoms with van der Waals surface area (Å²) in [5, 5.41) is 6.33. The number of nitrogens with zero attached hydrogens (tertiary/aromatic N) is 2. The number of thioether (sulfide) groups is 2. The average molecular weight is 272 g/mol. The third kappa shape index (κ3) is 2.99. The summed E-state index contributed by atoms with van der Waals surface area (Å²) in [5.74, 6) is 6.83. The van der Waals surface area contributed by atoms with Gasteiger partial charge in [-0.3, -0.25) is 16.0 Å². The molecule has 17 heavy (non-hydrogen) atoms. The van der Waals surface area contributed by atoms with Crippen molar-refractivity contribution in [1.82, 2.24) is 15.2 Å². The van der Waals surface area contributed by atoms with Gasteiger partial charge in [-0.25, -0.2) is 0 Å². The quantitative estimate of drug-likeness (QED) is 0.646. The molecule has 2 rings (SSSR count).